The number of hydrogen-bond donors (Lipinski definition) is 1. The van der Waals surface area contributed by atoms with Gasteiger partial charge in [0.25, 0.3) is 0 Å². The molecule has 0 saturated heterocycles. The van der Waals surface area contributed by atoms with E-state index in [1.54, 1.807) is 18.2 Å². The van der Waals surface area contributed by atoms with Gasteiger partial charge in [0.1, 0.15) is 29.7 Å². The number of nitrogens with zero attached hydrogens (tertiary/aromatic N) is 2. The summed E-state index contributed by atoms with van der Waals surface area (Å²) in [7, 11) is 0. The van der Waals surface area contributed by atoms with Gasteiger partial charge in [0.15, 0.2) is 0 Å². The molecule has 5 nitrogen and oxygen atoms in total. The van der Waals surface area contributed by atoms with Gasteiger partial charge in [0, 0.05) is 6.20 Å². The Balaban J connectivity index is 2.21. The molecule has 0 atom stereocenters. The monoisotopic (exact) mass is 288 g/mol. The van der Waals surface area contributed by atoms with Gasteiger partial charge in [-0.3, -0.25) is 0 Å². The molecule has 0 fully saturated rings. The number of pyridine rings is 1. The third-order valence-electron chi connectivity index (χ3n) is 2.52. The highest BCUT2D eigenvalue weighted by atomic mass is 35.5. The van der Waals surface area contributed by atoms with Crippen molar-refractivity contribution in [3.8, 4) is 11.8 Å². The van der Waals surface area contributed by atoms with E-state index in [2.05, 4.69) is 4.98 Å². The van der Waals surface area contributed by atoms with Crippen molar-refractivity contribution in [2.75, 3.05) is 0 Å². The lowest BCUT2D eigenvalue weighted by Crippen LogP contribution is -2.04. The van der Waals surface area contributed by atoms with Crippen LogP contribution in [0.4, 0.5) is 0 Å². The summed E-state index contributed by atoms with van der Waals surface area (Å²) in [4.78, 5) is 15.0. The molecule has 0 aliphatic heterocycles. The Kier molecular flexibility index (Phi) is 4.18. The number of aromatic carboxylic acids is 1. The number of carboxylic acid groups (broad SMARTS) is 1. The van der Waals surface area contributed by atoms with Gasteiger partial charge in [0.05, 0.1) is 5.02 Å². The quantitative estimate of drug-likeness (QED) is 0.935. The molecule has 2 aromatic rings. The van der Waals surface area contributed by atoms with Gasteiger partial charge >= 0.3 is 5.97 Å². The first kappa shape index (κ1) is 13.8. The van der Waals surface area contributed by atoms with E-state index < -0.39 is 5.97 Å². The SMILES string of the molecule is N#Cc1cc(COc2cccc(Cl)c2C(=O)O)ccn1. The smallest absolute Gasteiger partial charge is 0.341 e. The summed E-state index contributed by atoms with van der Waals surface area (Å²) >= 11 is 5.84. The molecular formula is C14H9ClN2O3. The van der Waals surface area contributed by atoms with Crippen LogP contribution in [0.3, 0.4) is 0 Å². The summed E-state index contributed by atoms with van der Waals surface area (Å²) in [6.07, 6.45) is 1.49. The summed E-state index contributed by atoms with van der Waals surface area (Å²) in [6, 6.07) is 9.81. The number of carboxylic acids is 1. The van der Waals surface area contributed by atoms with Gasteiger partial charge in [-0.1, -0.05) is 17.7 Å². The zero-order chi connectivity index (χ0) is 14.5. The zero-order valence-electron chi connectivity index (χ0n) is 10.2. The maximum absolute atomic E-state index is 11.1. The second-order valence-electron chi connectivity index (χ2n) is 3.87. The number of rotatable bonds is 4. The topological polar surface area (TPSA) is 83.2 Å². The first-order valence-corrected chi connectivity index (χ1v) is 5.99. The van der Waals surface area contributed by atoms with Crippen LogP contribution in [0.1, 0.15) is 21.6 Å². The molecule has 1 heterocycles. The van der Waals surface area contributed by atoms with Crippen LogP contribution >= 0.6 is 11.6 Å². The highest BCUT2D eigenvalue weighted by Gasteiger charge is 2.15. The van der Waals surface area contributed by atoms with Crippen LogP contribution < -0.4 is 4.74 Å². The van der Waals surface area contributed by atoms with Gasteiger partial charge in [-0.25, -0.2) is 9.78 Å². The van der Waals surface area contributed by atoms with E-state index in [4.69, 9.17) is 26.7 Å². The number of aromatic nitrogens is 1. The number of ether oxygens (including phenoxy) is 1. The van der Waals surface area contributed by atoms with Crippen molar-refractivity contribution in [2.45, 2.75) is 6.61 Å². The standard InChI is InChI=1S/C14H9ClN2O3/c15-11-2-1-3-12(13(11)14(18)19)20-8-9-4-5-17-10(6-9)7-16/h1-6H,8H2,(H,18,19). The van der Waals surface area contributed by atoms with Crippen molar-refractivity contribution in [1.29, 1.82) is 5.26 Å². The maximum atomic E-state index is 11.1. The Labute approximate surface area is 120 Å². The Morgan fingerprint density at radius 2 is 2.25 bits per heavy atom. The number of benzene rings is 1. The normalized spacial score (nSPS) is 9.80. The van der Waals surface area contributed by atoms with Crippen LogP contribution in [-0.4, -0.2) is 16.1 Å². The number of halogens is 1. The highest BCUT2D eigenvalue weighted by molar-refractivity contribution is 6.33. The predicted molar refractivity (Wildman–Crippen MR) is 71.7 cm³/mol. The average molecular weight is 289 g/mol. The Morgan fingerprint density at radius 3 is 2.95 bits per heavy atom. The van der Waals surface area contributed by atoms with Gasteiger partial charge in [-0.15, -0.1) is 0 Å². The maximum Gasteiger partial charge on any atom is 0.341 e. The van der Waals surface area contributed by atoms with Crippen LogP contribution in [-0.2, 0) is 6.61 Å². The van der Waals surface area contributed by atoms with E-state index in [0.717, 1.165) is 0 Å². The van der Waals surface area contributed by atoms with Crippen molar-refractivity contribution in [3.05, 3.63) is 58.4 Å². The molecule has 1 aromatic carbocycles. The lowest BCUT2D eigenvalue weighted by atomic mass is 10.2. The van der Waals surface area contributed by atoms with E-state index >= 15 is 0 Å². The minimum absolute atomic E-state index is 0.0799. The van der Waals surface area contributed by atoms with E-state index in [1.165, 1.54) is 18.3 Å². The molecule has 100 valence electrons. The van der Waals surface area contributed by atoms with E-state index in [1.807, 2.05) is 6.07 Å². The molecule has 0 radical (unpaired) electrons. The highest BCUT2D eigenvalue weighted by Crippen LogP contribution is 2.27. The van der Waals surface area contributed by atoms with Crippen molar-refractivity contribution < 1.29 is 14.6 Å². The second-order valence-corrected chi connectivity index (χ2v) is 4.28. The first-order chi connectivity index (χ1) is 9.61. The van der Waals surface area contributed by atoms with Gasteiger partial charge in [0.2, 0.25) is 0 Å². The van der Waals surface area contributed by atoms with Crippen LogP contribution in [0, 0.1) is 11.3 Å². The number of hydrogen-bond acceptors (Lipinski definition) is 4. The van der Waals surface area contributed by atoms with Crippen LogP contribution in [0.5, 0.6) is 5.75 Å². The zero-order valence-corrected chi connectivity index (χ0v) is 11.0. The van der Waals surface area contributed by atoms with Crippen molar-refractivity contribution in [1.82, 2.24) is 4.98 Å². The van der Waals surface area contributed by atoms with E-state index in [0.29, 0.717) is 5.56 Å². The summed E-state index contributed by atoms with van der Waals surface area (Å²) in [5, 5.41) is 18.0. The predicted octanol–water partition coefficient (Wildman–Crippen LogP) is 2.88. The summed E-state index contributed by atoms with van der Waals surface area (Å²) in [6.45, 7) is 0.123. The summed E-state index contributed by atoms with van der Waals surface area (Å²) < 4.78 is 5.46. The molecule has 0 bridgehead atoms. The number of carbonyl (C=O) groups is 1. The molecule has 0 aliphatic carbocycles. The molecule has 20 heavy (non-hydrogen) atoms. The van der Waals surface area contributed by atoms with E-state index in [9.17, 15) is 4.79 Å². The van der Waals surface area contributed by atoms with Gasteiger partial charge < -0.3 is 9.84 Å². The van der Waals surface area contributed by atoms with Crippen molar-refractivity contribution in [2.24, 2.45) is 0 Å². The van der Waals surface area contributed by atoms with Gasteiger partial charge in [-0.05, 0) is 29.8 Å². The van der Waals surface area contributed by atoms with Crippen molar-refractivity contribution in [3.63, 3.8) is 0 Å². The average Bonchev–Trinajstić information content (AvgIpc) is 2.45. The summed E-state index contributed by atoms with van der Waals surface area (Å²) in [5.74, 6) is -0.974. The lowest BCUT2D eigenvalue weighted by molar-refractivity contribution is 0.0692. The molecule has 0 saturated carbocycles. The largest absolute Gasteiger partial charge is 0.488 e. The van der Waals surface area contributed by atoms with Crippen molar-refractivity contribution >= 4 is 17.6 Å². The Morgan fingerprint density at radius 1 is 1.45 bits per heavy atom. The Bertz CT molecular complexity index is 695. The first-order valence-electron chi connectivity index (χ1n) is 5.61. The number of nitriles is 1. The molecule has 1 aromatic heterocycles. The molecular weight excluding hydrogens is 280 g/mol. The molecule has 2 rings (SSSR count). The van der Waals surface area contributed by atoms with E-state index in [-0.39, 0.29) is 28.6 Å². The molecule has 6 heteroatoms. The van der Waals surface area contributed by atoms with Crippen LogP contribution in [0.25, 0.3) is 0 Å². The third-order valence-corrected chi connectivity index (χ3v) is 2.84. The van der Waals surface area contributed by atoms with Crippen LogP contribution in [0.15, 0.2) is 36.5 Å². The Hall–Kier alpha value is -2.58. The third kappa shape index (κ3) is 3.05. The fourth-order valence-electron chi connectivity index (χ4n) is 1.62. The van der Waals surface area contributed by atoms with Gasteiger partial charge in [-0.2, -0.15) is 5.26 Å². The molecule has 0 amide bonds. The minimum Gasteiger partial charge on any atom is -0.488 e. The molecule has 0 unspecified atom stereocenters. The fraction of sp³-hybridized carbons (Fsp3) is 0.0714. The van der Waals surface area contributed by atoms with Crippen LogP contribution in [0.2, 0.25) is 5.02 Å². The lowest BCUT2D eigenvalue weighted by Gasteiger charge is -2.10. The minimum atomic E-state index is -1.15. The fourth-order valence-corrected chi connectivity index (χ4v) is 1.87. The second kappa shape index (κ2) is 6.04. The molecule has 0 spiro atoms. The summed E-state index contributed by atoms with van der Waals surface area (Å²) in [5.41, 5.74) is 0.909. The molecule has 1 N–H and O–H groups in total. The molecule has 0 aliphatic rings.